The molecule has 3 unspecified atom stereocenters. The molecular weight excluding hydrogens is 450 g/mol. The largest absolute Gasteiger partial charge is 0.364 e. The van der Waals surface area contributed by atoms with Crippen molar-refractivity contribution in [3.8, 4) is 0 Å². The van der Waals surface area contributed by atoms with Crippen molar-refractivity contribution in [1.29, 1.82) is 0 Å². The van der Waals surface area contributed by atoms with Crippen molar-refractivity contribution in [2.24, 2.45) is 5.73 Å². The number of nitrogens with zero attached hydrogens (tertiary/aromatic N) is 5. The van der Waals surface area contributed by atoms with E-state index in [2.05, 4.69) is 31.4 Å². The molecule has 180 valence electrons. The molecule has 5 aliphatic rings. The molecule has 35 heavy (non-hydrogen) atoms. The number of imide groups is 1. The molecule has 7 rings (SSSR count). The Balaban J connectivity index is 1.11. The summed E-state index contributed by atoms with van der Waals surface area (Å²) in [6.07, 6.45) is 1.73. The number of piperidine rings is 2. The Morgan fingerprint density at radius 3 is 2.57 bits per heavy atom. The maximum absolute atomic E-state index is 12.9. The van der Waals surface area contributed by atoms with Gasteiger partial charge in [0.15, 0.2) is 11.5 Å². The van der Waals surface area contributed by atoms with E-state index in [4.69, 9.17) is 5.73 Å². The Morgan fingerprint density at radius 2 is 1.89 bits per heavy atom. The van der Waals surface area contributed by atoms with Crippen LogP contribution in [0.3, 0.4) is 0 Å². The Bertz CT molecular complexity index is 1230. The molecule has 4 fully saturated rings. The number of carbonyl (C=O) groups excluding carboxylic acids is 4. The van der Waals surface area contributed by atoms with Crippen molar-refractivity contribution in [2.45, 2.75) is 50.5 Å². The van der Waals surface area contributed by atoms with Gasteiger partial charge in [0.2, 0.25) is 11.8 Å². The zero-order valence-electron chi connectivity index (χ0n) is 19.0. The lowest BCUT2D eigenvalue weighted by Crippen LogP contribution is -2.68. The lowest BCUT2D eigenvalue weighted by atomic mass is 9.86. The summed E-state index contributed by atoms with van der Waals surface area (Å²) >= 11 is 0. The van der Waals surface area contributed by atoms with Crippen LogP contribution in [0, 0.1) is 0 Å². The highest BCUT2D eigenvalue weighted by Gasteiger charge is 2.45. The van der Waals surface area contributed by atoms with E-state index in [1.54, 1.807) is 17.0 Å². The second-order valence-electron chi connectivity index (χ2n) is 9.65. The zero-order valence-corrected chi connectivity index (χ0v) is 19.0. The predicted molar refractivity (Wildman–Crippen MR) is 123 cm³/mol. The summed E-state index contributed by atoms with van der Waals surface area (Å²) in [5.74, 6) is -0.677. The first-order valence-electron chi connectivity index (χ1n) is 11.8. The number of anilines is 1. The van der Waals surface area contributed by atoms with Crippen LogP contribution in [0.1, 0.15) is 51.2 Å². The van der Waals surface area contributed by atoms with Gasteiger partial charge in [-0.2, -0.15) is 0 Å². The van der Waals surface area contributed by atoms with Crippen LogP contribution in [-0.4, -0.2) is 74.8 Å². The molecule has 0 saturated carbocycles. The van der Waals surface area contributed by atoms with Crippen LogP contribution >= 0.6 is 0 Å². The molecule has 3 atom stereocenters. The minimum absolute atomic E-state index is 0.152. The van der Waals surface area contributed by atoms with Gasteiger partial charge in [0, 0.05) is 50.2 Å². The van der Waals surface area contributed by atoms with Crippen molar-refractivity contribution in [3.05, 3.63) is 52.7 Å². The summed E-state index contributed by atoms with van der Waals surface area (Å²) in [4.78, 5) is 54.1. The normalized spacial score (nSPS) is 25.8. The Kier molecular flexibility index (Phi) is 5.03. The molecule has 11 nitrogen and oxygen atoms in total. The lowest BCUT2D eigenvalue weighted by Gasteiger charge is -2.56. The number of amides is 4. The van der Waals surface area contributed by atoms with Gasteiger partial charge in [-0.3, -0.25) is 29.4 Å². The Hall–Kier alpha value is -3.86. The molecule has 4 saturated heterocycles. The van der Waals surface area contributed by atoms with Gasteiger partial charge < -0.3 is 15.5 Å². The van der Waals surface area contributed by atoms with E-state index >= 15 is 0 Å². The van der Waals surface area contributed by atoms with Crippen molar-refractivity contribution in [3.63, 3.8) is 0 Å². The second kappa shape index (κ2) is 8.12. The van der Waals surface area contributed by atoms with Crippen molar-refractivity contribution < 1.29 is 19.2 Å². The van der Waals surface area contributed by atoms with Gasteiger partial charge in [0.05, 0.1) is 0 Å². The number of rotatable bonds is 5. The summed E-state index contributed by atoms with van der Waals surface area (Å²) in [5.41, 5.74) is 8.10. The third kappa shape index (κ3) is 3.72. The van der Waals surface area contributed by atoms with E-state index in [1.165, 1.54) is 0 Å². The van der Waals surface area contributed by atoms with Crippen LogP contribution in [0.4, 0.5) is 5.82 Å². The molecule has 3 N–H and O–H groups in total. The first-order chi connectivity index (χ1) is 16.9. The SMILES string of the molecule is NC(=O)c1ccc(N2CC3CC(C2)N3Cc2ccc3c(c2)CN(C2CCC(=O)NC2=O)C3=O)nn1. The number of carbonyl (C=O) groups is 4. The minimum atomic E-state index is -0.600. The smallest absolute Gasteiger partial charge is 0.269 e. The number of hydrogen-bond acceptors (Lipinski definition) is 8. The molecule has 6 heterocycles. The van der Waals surface area contributed by atoms with E-state index in [0.717, 1.165) is 43.0 Å². The van der Waals surface area contributed by atoms with Gasteiger partial charge in [0.25, 0.3) is 11.8 Å². The van der Waals surface area contributed by atoms with Crippen LogP contribution in [0.15, 0.2) is 30.3 Å². The minimum Gasteiger partial charge on any atom is -0.364 e. The van der Waals surface area contributed by atoms with Gasteiger partial charge >= 0.3 is 0 Å². The van der Waals surface area contributed by atoms with Crippen LogP contribution in [0.2, 0.25) is 0 Å². The van der Waals surface area contributed by atoms with Gasteiger partial charge in [-0.05, 0) is 42.2 Å². The highest BCUT2D eigenvalue weighted by Crippen LogP contribution is 2.36. The molecule has 0 aliphatic carbocycles. The first-order valence-corrected chi connectivity index (χ1v) is 11.8. The molecule has 1 aromatic heterocycles. The van der Waals surface area contributed by atoms with E-state index in [0.29, 0.717) is 30.6 Å². The number of nitrogens with one attached hydrogen (secondary N) is 1. The van der Waals surface area contributed by atoms with E-state index < -0.39 is 17.9 Å². The molecule has 4 amide bonds. The van der Waals surface area contributed by atoms with Crippen molar-refractivity contribution >= 4 is 29.4 Å². The number of primary amides is 1. The number of piperazine rings is 1. The van der Waals surface area contributed by atoms with Crippen molar-refractivity contribution in [1.82, 2.24) is 25.3 Å². The number of nitrogens with two attached hydrogens (primary N) is 1. The molecule has 5 aliphatic heterocycles. The highest BCUT2D eigenvalue weighted by atomic mass is 16.2. The third-order valence-electron chi connectivity index (χ3n) is 7.52. The van der Waals surface area contributed by atoms with Gasteiger partial charge in [0.1, 0.15) is 6.04 Å². The topological polar surface area (TPSA) is 142 Å². The summed E-state index contributed by atoms with van der Waals surface area (Å²) in [5, 5.41) is 10.4. The fourth-order valence-electron chi connectivity index (χ4n) is 5.69. The van der Waals surface area contributed by atoms with Gasteiger partial charge in [-0.25, -0.2) is 0 Å². The second-order valence-corrected chi connectivity index (χ2v) is 9.65. The predicted octanol–water partition coefficient (Wildman–Crippen LogP) is -0.200. The molecule has 2 bridgehead atoms. The summed E-state index contributed by atoms with van der Waals surface area (Å²) < 4.78 is 0. The first kappa shape index (κ1) is 21.7. The summed E-state index contributed by atoms with van der Waals surface area (Å²) in [6, 6.07) is 9.49. The lowest BCUT2D eigenvalue weighted by molar-refractivity contribution is -0.136. The fraction of sp³-hybridized carbons (Fsp3) is 0.417. The number of hydrogen-bond donors (Lipinski definition) is 2. The van der Waals surface area contributed by atoms with E-state index in [9.17, 15) is 19.2 Å². The Labute approximate surface area is 201 Å². The third-order valence-corrected chi connectivity index (χ3v) is 7.52. The summed E-state index contributed by atoms with van der Waals surface area (Å²) in [6.45, 7) is 2.83. The number of fused-ring (bicyclic) bond motifs is 3. The fourth-order valence-corrected chi connectivity index (χ4v) is 5.69. The monoisotopic (exact) mass is 475 g/mol. The van der Waals surface area contributed by atoms with Gasteiger partial charge in [-0.15, -0.1) is 10.2 Å². The van der Waals surface area contributed by atoms with Crippen LogP contribution in [0.25, 0.3) is 0 Å². The molecular formula is C24H25N7O4. The Morgan fingerprint density at radius 1 is 1.09 bits per heavy atom. The quantitative estimate of drug-likeness (QED) is 0.567. The molecule has 2 aromatic rings. The van der Waals surface area contributed by atoms with Crippen LogP contribution in [-0.2, 0) is 22.7 Å². The van der Waals surface area contributed by atoms with Crippen molar-refractivity contribution in [2.75, 3.05) is 18.0 Å². The van der Waals surface area contributed by atoms with Crippen LogP contribution in [0.5, 0.6) is 0 Å². The highest BCUT2D eigenvalue weighted by molar-refractivity contribution is 6.05. The number of aromatic nitrogens is 2. The van der Waals surface area contributed by atoms with Gasteiger partial charge in [-0.1, -0.05) is 12.1 Å². The molecule has 0 spiro atoms. The molecule has 1 aromatic carbocycles. The standard InChI is InChI=1S/C24H25N7O4/c25-22(33)18-3-5-20(28-27-18)29-11-15-8-16(12-29)30(15)9-13-1-2-17-14(7-13)10-31(24(17)35)19-4-6-21(32)26-23(19)34/h1-3,5,7,15-16,19H,4,6,8-12H2,(H2,25,33)(H,26,32,34). The average Bonchev–Trinajstić information content (AvgIpc) is 3.18. The maximum Gasteiger partial charge on any atom is 0.269 e. The molecule has 11 heteroatoms. The maximum atomic E-state index is 12.9. The van der Waals surface area contributed by atoms with Crippen LogP contribution < -0.4 is 16.0 Å². The average molecular weight is 476 g/mol. The summed E-state index contributed by atoms with van der Waals surface area (Å²) in [7, 11) is 0. The molecule has 0 radical (unpaired) electrons. The number of benzene rings is 1. The van der Waals surface area contributed by atoms with E-state index in [-0.39, 0.29) is 23.9 Å². The zero-order chi connectivity index (χ0) is 24.3. The van der Waals surface area contributed by atoms with E-state index in [1.807, 2.05) is 12.1 Å².